The molecule has 0 rings (SSSR count). The lowest BCUT2D eigenvalue weighted by Gasteiger charge is -2.22. The molecule has 0 spiro atoms. The van der Waals surface area contributed by atoms with E-state index in [1.54, 1.807) is 6.26 Å². The number of rotatable bonds is 13. The number of carbonyl (C=O) groups is 5. The van der Waals surface area contributed by atoms with Gasteiger partial charge in [-0.15, -0.1) is 0 Å². The first kappa shape index (κ1) is 24.6. The third-order valence-corrected chi connectivity index (χ3v) is 3.90. The lowest BCUT2D eigenvalue weighted by atomic mass is 10.1. The summed E-state index contributed by atoms with van der Waals surface area (Å²) in [5, 5.41) is 33.6. The molecule has 0 heterocycles. The van der Waals surface area contributed by atoms with Gasteiger partial charge in [-0.05, 0) is 18.4 Å². The van der Waals surface area contributed by atoms with Crippen LogP contribution in [-0.4, -0.2) is 88.3 Å². The van der Waals surface area contributed by atoms with Gasteiger partial charge in [-0.3, -0.25) is 19.2 Å². The molecule has 3 unspecified atom stereocenters. The Morgan fingerprint density at radius 2 is 1.52 bits per heavy atom. The van der Waals surface area contributed by atoms with Gasteiger partial charge < -0.3 is 37.0 Å². The third-order valence-electron chi connectivity index (χ3n) is 3.26. The normalized spacial score (nSPS) is 13.7. The molecule has 3 amide bonds. The molecule has 0 aromatic carbocycles. The molecule has 0 saturated carbocycles. The Kier molecular flexibility index (Phi) is 11.8. The number of carboxylic acids is 2. The summed E-state index contributed by atoms with van der Waals surface area (Å²) in [7, 11) is 0. The Bertz CT molecular complexity index is 559. The van der Waals surface area contributed by atoms with Crippen LogP contribution in [-0.2, 0) is 24.0 Å². The second-order valence-corrected chi connectivity index (χ2v) is 6.33. The summed E-state index contributed by atoms with van der Waals surface area (Å²) in [4.78, 5) is 57.7. The van der Waals surface area contributed by atoms with Crippen molar-refractivity contribution in [1.29, 1.82) is 0 Å². The largest absolute Gasteiger partial charge is 0.481 e. The summed E-state index contributed by atoms with van der Waals surface area (Å²) in [6, 6.07) is -4.31. The molecule has 3 atom stereocenters. The number of carbonyl (C=O) groups excluding carboxylic acids is 3. The number of nitrogens with two attached hydrogens (primary N) is 1. The number of nitrogens with one attached hydrogen (secondary N) is 3. The first-order valence-electron chi connectivity index (χ1n) is 7.80. The summed E-state index contributed by atoms with van der Waals surface area (Å²) in [6.07, 6.45) is 1.02. The second kappa shape index (κ2) is 12.9. The Balaban J connectivity index is 5.15. The summed E-state index contributed by atoms with van der Waals surface area (Å²) in [5.74, 6) is -5.06. The van der Waals surface area contributed by atoms with Crippen LogP contribution in [0.15, 0.2) is 0 Å². The quantitative estimate of drug-likeness (QED) is 0.161. The van der Waals surface area contributed by atoms with Crippen LogP contribution in [0, 0.1) is 0 Å². The maximum atomic E-state index is 12.3. The lowest BCUT2D eigenvalue weighted by molar-refractivity contribution is -0.143. The van der Waals surface area contributed by atoms with Crippen LogP contribution in [0.25, 0.3) is 0 Å². The first-order valence-corrected chi connectivity index (χ1v) is 9.20. The molecule has 13 heteroatoms. The highest BCUT2D eigenvalue weighted by Gasteiger charge is 2.30. The zero-order valence-corrected chi connectivity index (χ0v) is 15.5. The van der Waals surface area contributed by atoms with Crippen molar-refractivity contribution < 1.29 is 39.3 Å². The minimum atomic E-state index is -1.60. The standard InChI is InChI=1S/C14H24N4O8S/c1-27-3-2-7(14(25)26)17-12(23)8(4-11(21)22)18-13(24)9(6-19)16-10(20)5-15/h7-9,19H,2-6,15H2,1H3,(H,16,20)(H,17,23)(H,18,24)(H,21,22)(H,25,26). The number of aliphatic hydroxyl groups excluding tert-OH is 1. The van der Waals surface area contributed by atoms with Crippen molar-refractivity contribution in [3.63, 3.8) is 0 Å². The van der Waals surface area contributed by atoms with Crippen molar-refractivity contribution in [2.24, 2.45) is 5.73 Å². The Labute approximate surface area is 159 Å². The fourth-order valence-corrected chi connectivity index (χ4v) is 2.34. The van der Waals surface area contributed by atoms with Crippen molar-refractivity contribution in [2.75, 3.05) is 25.2 Å². The van der Waals surface area contributed by atoms with Gasteiger partial charge in [-0.2, -0.15) is 11.8 Å². The summed E-state index contributed by atoms with van der Waals surface area (Å²) in [5.41, 5.74) is 5.09. The molecule has 154 valence electrons. The molecule has 0 aromatic heterocycles. The molecule has 8 N–H and O–H groups in total. The highest BCUT2D eigenvalue weighted by Crippen LogP contribution is 2.03. The van der Waals surface area contributed by atoms with E-state index in [1.165, 1.54) is 11.8 Å². The molecule has 0 aliphatic rings. The van der Waals surface area contributed by atoms with Gasteiger partial charge in [-0.25, -0.2) is 4.79 Å². The van der Waals surface area contributed by atoms with Gasteiger partial charge in [0.1, 0.15) is 18.1 Å². The average Bonchev–Trinajstić information content (AvgIpc) is 2.61. The Morgan fingerprint density at radius 1 is 0.963 bits per heavy atom. The highest BCUT2D eigenvalue weighted by molar-refractivity contribution is 7.98. The van der Waals surface area contributed by atoms with Crippen molar-refractivity contribution >= 4 is 41.4 Å². The monoisotopic (exact) mass is 408 g/mol. The third kappa shape index (κ3) is 9.77. The van der Waals surface area contributed by atoms with E-state index in [-0.39, 0.29) is 6.42 Å². The lowest BCUT2D eigenvalue weighted by Crippen LogP contribution is -2.57. The number of amides is 3. The van der Waals surface area contributed by atoms with E-state index in [1.807, 2.05) is 0 Å². The molecule has 0 radical (unpaired) electrons. The van der Waals surface area contributed by atoms with E-state index in [2.05, 4.69) is 16.0 Å². The molecular formula is C14H24N4O8S. The first-order chi connectivity index (χ1) is 12.7. The number of hydrogen-bond acceptors (Lipinski definition) is 8. The van der Waals surface area contributed by atoms with Crippen LogP contribution < -0.4 is 21.7 Å². The maximum Gasteiger partial charge on any atom is 0.326 e. The predicted molar refractivity (Wildman–Crippen MR) is 94.8 cm³/mol. The number of aliphatic hydroxyl groups is 1. The van der Waals surface area contributed by atoms with Crippen LogP contribution >= 0.6 is 11.8 Å². The fraction of sp³-hybridized carbons (Fsp3) is 0.643. The summed E-state index contributed by atoms with van der Waals surface area (Å²) < 4.78 is 0. The molecule has 0 bridgehead atoms. The predicted octanol–water partition coefficient (Wildman–Crippen LogP) is -3.30. The molecule has 0 aliphatic carbocycles. The maximum absolute atomic E-state index is 12.3. The van der Waals surface area contributed by atoms with Crippen molar-refractivity contribution in [2.45, 2.75) is 31.0 Å². The van der Waals surface area contributed by atoms with E-state index < -0.39 is 67.4 Å². The van der Waals surface area contributed by atoms with Gasteiger partial charge >= 0.3 is 11.9 Å². The fourth-order valence-electron chi connectivity index (χ4n) is 1.87. The zero-order chi connectivity index (χ0) is 21.0. The van der Waals surface area contributed by atoms with E-state index in [9.17, 15) is 29.1 Å². The SMILES string of the molecule is CSCCC(NC(=O)C(CC(=O)O)NC(=O)C(CO)NC(=O)CN)C(=O)O. The molecule has 0 saturated heterocycles. The Hall–Kier alpha value is -2.38. The van der Waals surface area contributed by atoms with Gasteiger partial charge in [0.25, 0.3) is 0 Å². The van der Waals surface area contributed by atoms with Gasteiger partial charge in [0.15, 0.2) is 0 Å². The van der Waals surface area contributed by atoms with E-state index in [0.29, 0.717) is 5.75 Å². The topological polar surface area (TPSA) is 208 Å². The van der Waals surface area contributed by atoms with Gasteiger partial charge in [-0.1, -0.05) is 0 Å². The number of aliphatic carboxylic acids is 2. The van der Waals surface area contributed by atoms with Crippen LogP contribution in [0.1, 0.15) is 12.8 Å². The van der Waals surface area contributed by atoms with Crippen molar-refractivity contribution in [1.82, 2.24) is 16.0 Å². The van der Waals surface area contributed by atoms with Crippen LogP contribution in [0.5, 0.6) is 0 Å². The minimum Gasteiger partial charge on any atom is -0.481 e. The summed E-state index contributed by atoms with van der Waals surface area (Å²) >= 11 is 1.36. The Morgan fingerprint density at radius 3 is 1.96 bits per heavy atom. The molecular weight excluding hydrogens is 384 g/mol. The number of thioether (sulfide) groups is 1. The van der Waals surface area contributed by atoms with Crippen LogP contribution in [0.3, 0.4) is 0 Å². The smallest absolute Gasteiger partial charge is 0.326 e. The average molecular weight is 408 g/mol. The van der Waals surface area contributed by atoms with Gasteiger partial charge in [0.2, 0.25) is 17.7 Å². The molecule has 0 aliphatic heterocycles. The van der Waals surface area contributed by atoms with Gasteiger partial charge in [0, 0.05) is 0 Å². The molecule has 12 nitrogen and oxygen atoms in total. The van der Waals surface area contributed by atoms with Crippen molar-refractivity contribution in [3.8, 4) is 0 Å². The number of hydrogen-bond donors (Lipinski definition) is 7. The molecule has 0 aromatic rings. The van der Waals surface area contributed by atoms with Crippen LogP contribution in [0.4, 0.5) is 0 Å². The minimum absolute atomic E-state index is 0.0990. The van der Waals surface area contributed by atoms with Gasteiger partial charge in [0.05, 0.1) is 19.6 Å². The second-order valence-electron chi connectivity index (χ2n) is 5.35. The van der Waals surface area contributed by atoms with E-state index >= 15 is 0 Å². The highest BCUT2D eigenvalue weighted by atomic mass is 32.2. The van der Waals surface area contributed by atoms with E-state index in [0.717, 1.165) is 0 Å². The summed E-state index contributed by atoms with van der Waals surface area (Å²) in [6.45, 7) is -1.26. The molecule has 0 fully saturated rings. The van der Waals surface area contributed by atoms with Crippen molar-refractivity contribution in [3.05, 3.63) is 0 Å². The molecule has 27 heavy (non-hydrogen) atoms. The van der Waals surface area contributed by atoms with Crippen LogP contribution in [0.2, 0.25) is 0 Å². The van der Waals surface area contributed by atoms with E-state index in [4.69, 9.17) is 15.9 Å². The zero-order valence-electron chi connectivity index (χ0n) is 14.6. The number of carboxylic acid groups (broad SMARTS) is 2.